The van der Waals surface area contributed by atoms with E-state index >= 15 is 0 Å². The van der Waals surface area contributed by atoms with E-state index in [4.69, 9.17) is 0 Å². The van der Waals surface area contributed by atoms with Gasteiger partial charge in [-0.2, -0.15) is 0 Å². The van der Waals surface area contributed by atoms with Gasteiger partial charge in [-0.05, 0) is 31.2 Å². The van der Waals surface area contributed by atoms with E-state index < -0.39 is 28.8 Å². The monoisotopic (exact) mass is 310 g/mol. The van der Waals surface area contributed by atoms with E-state index in [-0.39, 0.29) is 10.5 Å². The number of rotatable bonds is 7. The van der Waals surface area contributed by atoms with Crippen LogP contribution in [0.25, 0.3) is 0 Å². The van der Waals surface area contributed by atoms with E-state index in [0.717, 1.165) is 0 Å². The van der Waals surface area contributed by atoms with Gasteiger partial charge in [-0.15, -0.1) is 0 Å². The first kappa shape index (κ1) is 16.9. The third-order valence-corrected chi connectivity index (χ3v) is 4.20. The van der Waals surface area contributed by atoms with Crippen LogP contribution in [0.5, 0.6) is 0 Å². The van der Waals surface area contributed by atoms with Gasteiger partial charge < -0.3 is 5.32 Å². The fraction of sp³-hybridized carbons (Fsp3) is 0.500. The molecule has 0 unspecified atom stereocenters. The van der Waals surface area contributed by atoms with Crippen LogP contribution in [0.2, 0.25) is 0 Å². The standard InChI is InChI=1S/C12H17F3N2O2S/c1-3-16-6-9-4-10(13)8(2)11(5-9)20(18,19)17-7-12(14)15/h4-5,12,16-17H,3,6-7H2,1-2H3. The van der Waals surface area contributed by atoms with Crippen molar-refractivity contribution in [3.63, 3.8) is 0 Å². The number of nitrogens with one attached hydrogen (secondary N) is 2. The molecule has 0 aromatic heterocycles. The SMILES string of the molecule is CCNCc1cc(F)c(C)c(S(=O)(=O)NCC(F)F)c1. The smallest absolute Gasteiger partial charge is 0.251 e. The lowest BCUT2D eigenvalue weighted by Crippen LogP contribution is -2.29. The van der Waals surface area contributed by atoms with E-state index in [2.05, 4.69) is 5.32 Å². The van der Waals surface area contributed by atoms with Crippen LogP contribution in [0.15, 0.2) is 17.0 Å². The predicted octanol–water partition coefficient (Wildman–Crippen LogP) is 1.79. The largest absolute Gasteiger partial charge is 0.313 e. The molecule has 0 spiro atoms. The van der Waals surface area contributed by atoms with Gasteiger partial charge in [0.05, 0.1) is 11.4 Å². The summed E-state index contributed by atoms with van der Waals surface area (Å²) in [5, 5.41) is 2.94. The summed E-state index contributed by atoms with van der Waals surface area (Å²) >= 11 is 0. The van der Waals surface area contributed by atoms with Crippen LogP contribution in [0.3, 0.4) is 0 Å². The van der Waals surface area contributed by atoms with E-state index in [0.29, 0.717) is 18.7 Å². The number of benzene rings is 1. The lowest BCUT2D eigenvalue weighted by molar-refractivity contribution is 0.153. The van der Waals surface area contributed by atoms with Crippen molar-refractivity contribution in [2.75, 3.05) is 13.1 Å². The maximum atomic E-state index is 13.7. The number of sulfonamides is 1. The Hall–Kier alpha value is -1.12. The van der Waals surface area contributed by atoms with Crippen molar-refractivity contribution in [1.82, 2.24) is 10.0 Å². The fourth-order valence-electron chi connectivity index (χ4n) is 1.61. The molecule has 8 heteroatoms. The van der Waals surface area contributed by atoms with Crippen LogP contribution in [-0.2, 0) is 16.6 Å². The summed E-state index contributed by atoms with van der Waals surface area (Å²) < 4.78 is 63.5. The summed E-state index contributed by atoms with van der Waals surface area (Å²) in [7, 11) is -4.15. The van der Waals surface area contributed by atoms with Crippen LogP contribution in [0.1, 0.15) is 18.1 Å². The lowest BCUT2D eigenvalue weighted by Gasteiger charge is -2.12. The van der Waals surface area contributed by atoms with Gasteiger partial charge in [0.2, 0.25) is 10.0 Å². The van der Waals surface area contributed by atoms with Crippen molar-refractivity contribution in [3.8, 4) is 0 Å². The van der Waals surface area contributed by atoms with Crippen molar-refractivity contribution in [2.45, 2.75) is 31.7 Å². The molecule has 4 nitrogen and oxygen atoms in total. The topological polar surface area (TPSA) is 58.2 Å². The zero-order valence-corrected chi connectivity index (χ0v) is 12.0. The average Bonchev–Trinajstić information content (AvgIpc) is 2.37. The van der Waals surface area contributed by atoms with Gasteiger partial charge >= 0.3 is 0 Å². The summed E-state index contributed by atoms with van der Waals surface area (Å²) in [6.07, 6.45) is -2.81. The summed E-state index contributed by atoms with van der Waals surface area (Å²) in [6.45, 7) is 3.09. The highest BCUT2D eigenvalue weighted by Crippen LogP contribution is 2.20. The zero-order valence-electron chi connectivity index (χ0n) is 11.2. The molecule has 20 heavy (non-hydrogen) atoms. The normalized spacial score (nSPS) is 12.1. The summed E-state index contributed by atoms with van der Waals surface area (Å²) in [4.78, 5) is -0.314. The number of alkyl halides is 2. The van der Waals surface area contributed by atoms with E-state index in [9.17, 15) is 21.6 Å². The summed E-state index contributed by atoms with van der Waals surface area (Å²) in [5.41, 5.74) is 0.347. The van der Waals surface area contributed by atoms with Crippen molar-refractivity contribution in [2.24, 2.45) is 0 Å². The second-order valence-corrected chi connectivity index (χ2v) is 5.96. The molecular weight excluding hydrogens is 293 g/mol. The Kier molecular flexibility index (Phi) is 5.97. The number of hydrogen-bond donors (Lipinski definition) is 2. The van der Waals surface area contributed by atoms with E-state index in [1.165, 1.54) is 19.1 Å². The van der Waals surface area contributed by atoms with E-state index in [1.807, 2.05) is 6.92 Å². The van der Waals surface area contributed by atoms with Crippen LogP contribution in [0, 0.1) is 12.7 Å². The highest BCUT2D eigenvalue weighted by Gasteiger charge is 2.21. The van der Waals surface area contributed by atoms with Gasteiger partial charge in [0.25, 0.3) is 6.43 Å². The third-order valence-electron chi connectivity index (χ3n) is 2.65. The molecule has 0 saturated carbocycles. The van der Waals surface area contributed by atoms with Crippen LogP contribution in [0.4, 0.5) is 13.2 Å². The maximum Gasteiger partial charge on any atom is 0.251 e. The van der Waals surface area contributed by atoms with Crippen molar-refractivity contribution in [1.29, 1.82) is 0 Å². The molecule has 0 aliphatic heterocycles. The van der Waals surface area contributed by atoms with Crippen molar-refractivity contribution in [3.05, 3.63) is 29.1 Å². The Bertz CT molecular complexity index is 562. The third kappa shape index (κ3) is 4.46. The Labute approximate surface area is 116 Å². The van der Waals surface area contributed by atoms with Gasteiger partial charge in [0.1, 0.15) is 5.82 Å². The highest BCUT2D eigenvalue weighted by atomic mass is 32.2. The van der Waals surface area contributed by atoms with Crippen LogP contribution < -0.4 is 10.0 Å². The number of hydrogen-bond acceptors (Lipinski definition) is 3. The molecule has 1 aromatic rings. The second-order valence-electron chi connectivity index (χ2n) is 4.22. The molecule has 0 radical (unpaired) electrons. The maximum absolute atomic E-state index is 13.7. The minimum absolute atomic E-state index is 0.0907. The van der Waals surface area contributed by atoms with Gasteiger partial charge in [0, 0.05) is 12.1 Å². The second kappa shape index (κ2) is 7.05. The van der Waals surface area contributed by atoms with Gasteiger partial charge in [-0.1, -0.05) is 6.92 Å². The van der Waals surface area contributed by atoms with Crippen LogP contribution >= 0.6 is 0 Å². The first-order valence-electron chi connectivity index (χ1n) is 6.05. The lowest BCUT2D eigenvalue weighted by atomic mass is 10.1. The van der Waals surface area contributed by atoms with Crippen molar-refractivity contribution >= 4 is 10.0 Å². The zero-order chi connectivity index (χ0) is 15.3. The molecule has 2 N–H and O–H groups in total. The minimum Gasteiger partial charge on any atom is -0.313 e. The molecule has 0 amide bonds. The summed E-state index contributed by atoms with van der Waals surface area (Å²) in [5.74, 6) is -0.683. The van der Waals surface area contributed by atoms with Crippen LogP contribution in [-0.4, -0.2) is 27.9 Å². The van der Waals surface area contributed by atoms with E-state index in [1.54, 1.807) is 4.72 Å². The quantitative estimate of drug-likeness (QED) is 0.807. The molecule has 0 fully saturated rings. The molecule has 0 heterocycles. The Balaban J connectivity index is 3.12. The molecule has 0 saturated heterocycles. The Morgan fingerprint density at radius 1 is 1.30 bits per heavy atom. The molecule has 0 aliphatic rings. The number of halogens is 3. The molecule has 0 bridgehead atoms. The minimum atomic E-state index is -4.15. The molecule has 0 aliphatic carbocycles. The molecule has 1 rings (SSSR count). The first-order valence-corrected chi connectivity index (χ1v) is 7.53. The predicted molar refractivity (Wildman–Crippen MR) is 69.7 cm³/mol. The molecular formula is C12H17F3N2O2S. The van der Waals surface area contributed by atoms with Gasteiger partial charge in [-0.3, -0.25) is 0 Å². The highest BCUT2D eigenvalue weighted by molar-refractivity contribution is 7.89. The Morgan fingerprint density at radius 2 is 1.95 bits per heavy atom. The first-order chi connectivity index (χ1) is 9.27. The Morgan fingerprint density at radius 3 is 2.50 bits per heavy atom. The van der Waals surface area contributed by atoms with Gasteiger partial charge in [-0.25, -0.2) is 26.3 Å². The van der Waals surface area contributed by atoms with Gasteiger partial charge in [0.15, 0.2) is 0 Å². The van der Waals surface area contributed by atoms with Crippen molar-refractivity contribution < 1.29 is 21.6 Å². The molecule has 114 valence electrons. The molecule has 0 atom stereocenters. The summed E-state index contributed by atoms with van der Waals surface area (Å²) in [6, 6.07) is 2.51. The fourth-order valence-corrected chi connectivity index (χ4v) is 2.92. The average molecular weight is 310 g/mol. The molecule has 1 aromatic carbocycles.